The SMILES string of the molecule is COc1ccc(CCN(Cc2ccc(C)s2)C(=O)CN(C(C)C)S(=O)(=O)c2ccc(Cl)c([N+](=O)[O-])c2)cc1OC. The van der Waals surface area contributed by atoms with Crippen LogP contribution in [0.5, 0.6) is 11.5 Å². The van der Waals surface area contributed by atoms with Crippen molar-refractivity contribution >= 4 is 44.6 Å². The summed E-state index contributed by atoms with van der Waals surface area (Å²) in [5, 5.41) is 11.2. The Balaban J connectivity index is 1.89. The van der Waals surface area contributed by atoms with Gasteiger partial charge in [-0.05, 0) is 69.2 Å². The molecule has 0 spiro atoms. The monoisotopic (exact) mass is 609 g/mol. The Morgan fingerprint density at radius 2 is 1.77 bits per heavy atom. The molecule has 1 heterocycles. The average Bonchev–Trinajstić information content (AvgIpc) is 3.33. The molecular formula is C27H32ClN3O7S2. The van der Waals surface area contributed by atoms with Crippen molar-refractivity contribution in [2.45, 2.75) is 44.7 Å². The first-order chi connectivity index (χ1) is 18.9. The lowest BCUT2D eigenvalue weighted by Gasteiger charge is -2.29. The Morgan fingerprint density at radius 3 is 2.35 bits per heavy atom. The summed E-state index contributed by atoms with van der Waals surface area (Å²) >= 11 is 7.45. The standard InChI is InChI=1S/C27H32ClN3O7S2/c1-18(2)30(40(35,36)22-9-10-23(28)24(15-22)31(33)34)17-27(32)29(16-21-8-6-19(3)39-21)13-12-20-7-11-25(37-4)26(14-20)38-5/h6-11,14-15,18H,12-13,16-17H2,1-5H3. The fourth-order valence-electron chi connectivity index (χ4n) is 4.06. The molecule has 216 valence electrons. The molecule has 0 aliphatic heterocycles. The van der Waals surface area contributed by atoms with Crippen molar-refractivity contribution in [3.63, 3.8) is 0 Å². The number of amides is 1. The zero-order valence-corrected chi connectivity index (χ0v) is 25.3. The van der Waals surface area contributed by atoms with E-state index < -0.39 is 39.1 Å². The number of rotatable bonds is 13. The van der Waals surface area contributed by atoms with Crippen LogP contribution >= 0.6 is 22.9 Å². The summed E-state index contributed by atoms with van der Waals surface area (Å²) < 4.78 is 38.9. The summed E-state index contributed by atoms with van der Waals surface area (Å²) in [6, 6.07) is 12.1. The molecule has 40 heavy (non-hydrogen) atoms. The molecule has 13 heteroatoms. The number of aryl methyl sites for hydroxylation is 1. The normalized spacial score (nSPS) is 11.6. The molecular weight excluding hydrogens is 578 g/mol. The van der Waals surface area contributed by atoms with Gasteiger partial charge in [0.15, 0.2) is 11.5 Å². The van der Waals surface area contributed by atoms with Crippen molar-refractivity contribution < 1.29 is 27.6 Å². The lowest BCUT2D eigenvalue weighted by molar-refractivity contribution is -0.384. The molecule has 0 bridgehead atoms. The Kier molecular flexibility index (Phi) is 10.5. The molecule has 1 amide bonds. The van der Waals surface area contributed by atoms with Crippen LogP contribution in [-0.2, 0) is 27.8 Å². The molecule has 0 fully saturated rings. The molecule has 0 saturated heterocycles. The fourth-order valence-corrected chi connectivity index (χ4v) is 6.76. The van der Waals surface area contributed by atoms with E-state index in [-0.39, 0.29) is 9.92 Å². The summed E-state index contributed by atoms with van der Waals surface area (Å²) in [5.74, 6) is 0.765. The molecule has 0 saturated carbocycles. The van der Waals surface area contributed by atoms with E-state index >= 15 is 0 Å². The van der Waals surface area contributed by atoms with E-state index in [2.05, 4.69) is 0 Å². The van der Waals surface area contributed by atoms with E-state index in [1.54, 1.807) is 50.4 Å². The largest absolute Gasteiger partial charge is 0.493 e. The second-order valence-corrected chi connectivity index (χ2v) is 13.0. The molecule has 0 N–H and O–H groups in total. The quantitative estimate of drug-likeness (QED) is 0.190. The van der Waals surface area contributed by atoms with Gasteiger partial charge in [0.25, 0.3) is 5.69 Å². The zero-order valence-electron chi connectivity index (χ0n) is 22.9. The van der Waals surface area contributed by atoms with Crippen LogP contribution in [0.4, 0.5) is 5.69 Å². The predicted molar refractivity (Wildman–Crippen MR) is 155 cm³/mol. The maximum Gasteiger partial charge on any atom is 0.289 e. The number of thiophene rings is 1. The number of nitrogens with zero attached hydrogens (tertiary/aromatic N) is 3. The molecule has 3 rings (SSSR count). The number of hydrogen-bond donors (Lipinski definition) is 0. The average molecular weight is 610 g/mol. The molecule has 0 aliphatic rings. The maximum absolute atomic E-state index is 13.7. The smallest absolute Gasteiger partial charge is 0.289 e. The van der Waals surface area contributed by atoms with Crippen LogP contribution in [-0.4, -0.2) is 61.8 Å². The summed E-state index contributed by atoms with van der Waals surface area (Å²) in [7, 11) is -1.16. The minimum Gasteiger partial charge on any atom is -0.493 e. The molecule has 2 aromatic carbocycles. The zero-order chi connectivity index (χ0) is 29.6. The van der Waals surface area contributed by atoms with Crippen molar-refractivity contribution in [3.8, 4) is 11.5 Å². The first kappa shape index (κ1) is 31.3. The van der Waals surface area contributed by atoms with Gasteiger partial charge in [-0.25, -0.2) is 8.42 Å². The lowest BCUT2D eigenvalue weighted by Crippen LogP contribution is -2.46. The van der Waals surface area contributed by atoms with E-state index in [4.69, 9.17) is 21.1 Å². The number of methoxy groups -OCH3 is 2. The molecule has 0 radical (unpaired) electrons. The highest BCUT2D eigenvalue weighted by Gasteiger charge is 2.32. The van der Waals surface area contributed by atoms with E-state index in [0.29, 0.717) is 31.0 Å². The van der Waals surface area contributed by atoms with Crippen LogP contribution < -0.4 is 9.47 Å². The second kappa shape index (κ2) is 13.4. The van der Waals surface area contributed by atoms with Gasteiger partial charge < -0.3 is 14.4 Å². The third-order valence-corrected chi connectivity index (χ3v) is 9.52. The number of nitro benzene ring substituents is 1. The Bertz CT molecular complexity index is 1470. The van der Waals surface area contributed by atoms with Gasteiger partial charge in [-0.15, -0.1) is 11.3 Å². The van der Waals surface area contributed by atoms with Crippen LogP contribution in [0.1, 0.15) is 29.2 Å². The third-order valence-electron chi connectivity index (χ3n) is 6.20. The number of benzene rings is 2. The van der Waals surface area contributed by atoms with Gasteiger partial charge in [-0.3, -0.25) is 14.9 Å². The Morgan fingerprint density at radius 1 is 1.07 bits per heavy atom. The van der Waals surface area contributed by atoms with E-state index in [9.17, 15) is 23.3 Å². The van der Waals surface area contributed by atoms with Gasteiger partial charge in [0.2, 0.25) is 15.9 Å². The molecule has 3 aromatic rings. The minimum atomic E-state index is -4.26. The van der Waals surface area contributed by atoms with Crippen LogP contribution in [0.15, 0.2) is 53.4 Å². The first-order valence-electron chi connectivity index (χ1n) is 12.4. The maximum atomic E-state index is 13.7. The number of carbonyl (C=O) groups is 1. The van der Waals surface area contributed by atoms with E-state index in [0.717, 1.165) is 25.7 Å². The molecule has 0 atom stereocenters. The number of carbonyl (C=O) groups excluding carboxylic acids is 1. The van der Waals surface area contributed by atoms with Crippen LogP contribution in [0.2, 0.25) is 5.02 Å². The van der Waals surface area contributed by atoms with Gasteiger partial charge in [0.1, 0.15) is 5.02 Å². The highest BCUT2D eigenvalue weighted by molar-refractivity contribution is 7.89. The molecule has 0 aliphatic carbocycles. The van der Waals surface area contributed by atoms with Crippen LogP contribution in [0, 0.1) is 17.0 Å². The number of ether oxygens (including phenoxy) is 2. The number of nitro groups is 1. The number of halogens is 1. The highest BCUT2D eigenvalue weighted by atomic mass is 35.5. The van der Waals surface area contributed by atoms with Crippen LogP contribution in [0.3, 0.4) is 0 Å². The summed E-state index contributed by atoms with van der Waals surface area (Å²) in [4.78, 5) is 27.6. The van der Waals surface area contributed by atoms with Crippen molar-refractivity contribution in [2.75, 3.05) is 27.3 Å². The van der Waals surface area contributed by atoms with E-state index in [1.807, 2.05) is 31.2 Å². The van der Waals surface area contributed by atoms with Crippen LogP contribution in [0.25, 0.3) is 0 Å². The summed E-state index contributed by atoms with van der Waals surface area (Å²) in [6.45, 7) is 5.46. The Hall–Kier alpha value is -3.19. The topological polar surface area (TPSA) is 119 Å². The minimum absolute atomic E-state index is 0.177. The first-order valence-corrected chi connectivity index (χ1v) is 15.0. The van der Waals surface area contributed by atoms with Gasteiger partial charge in [-0.1, -0.05) is 17.7 Å². The third kappa shape index (κ3) is 7.51. The van der Waals surface area contributed by atoms with Gasteiger partial charge >= 0.3 is 0 Å². The fraction of sp³-hybridized carbons (Fsp3) is 0.370. The molecule has 0 unspecified atom stereocenters. The van der Waals surface area contributed by atoms with Gasteiger partial charge in [0, 0.05) is 28.4 Å². The summed E-state index contributed by atoms with van der Waals surface area (Å²) in [5.41, 5.74) is 0.391. The number of hydrogen-bond acceptors (Lipinski definition) is 8. The molecule has 1 aromatic heterocycles. The number of sulfonamides is 1. The molecule has 10 nitrogen and oxygen atoms in total. The highest BCUT2D eigenvalue weighted by Crippen LogP contribution is 2.30. The van der Waals surface area contributed by atoms with Gasteiger partial charge in [0.05, 0.1) is 37.1 Å². The van der Waals surface area contributed by atoms with Gasteiger partial charge in [-0.2, -0.15) is 4.31 Å². The van der Waals surface area contributed by atoms with Crippen molar-refractivity contribution in [1.29, 1.82) is 0 Å². The van der Waals surface area contributed by atoms with Crippen molar-refractivity contribution in [2.24, 2.45) is 0 Å². The van der Waals surface area contributed by atoms with Crippen molar-refractivity contribution in [1.82, 2.24) is 9.21 Å². The summed E-state index contributed by atoms with van der Waals surface area (Å²) in [6.07, 6.45) is 0.494. The Labute approximate surface area is 243 Å². The lowest BCUT2D eigenvalue weighted by atomic mass is 10.1. The van der Waals surface area contributed by atoms with E-state index in [1.165, 1.54) is 12.1 Å². The second-order valence-electron chi connectivity index (χ2n) is 9.28. The predicted octanol–water partition coefficient (Wildman–Crippen LogP) is 5.31. The van der Waals surface area contributed by atoms with Crippen molar-refractivity contribution in [3.05, 3.63) is 79.0 Å².